The number of aliphatic hydroxyl groups excluding tert-OH is 1. The van der Waals surface area contributed by atoms with Crippen LogP contribution in [0.4, 0.5) is 5.69 Å². The van der Waals surface area contributed by atoms with E-state index in [9.17, 15) is 14.7 Å². The molecule has 0 radical (unpaired) electrons. The summed E-state index contributed by atoms with van der Waals surface area (Å²) in [5, 5.41) is 12.6. The number of aliphatic hydroxyl groups is 1. The third-order valence-corrected chi connectivity index (χ3v) is 7.03. The van der Waals surface area contributed by atoms with Crippen molar-refractivity contribution in [2.24, 2.45) is 0 Å². The molecule has 188 valence electrons. The second-order valence-corrected chi connectivity index (χ2v) is 9.37. The van der Waals surface area contributed by atoms with E-state index in [1.807, 2.05) is 31.2 Å². The van der Waals surface area contributed by atoms with Crippen LogP contribution in [0.2, 0.25) is 10.0 Å². The monoisotopic (exact) mass is 536 g/mol. The van der Waals surface area contributed by atoms with Gasteiger partial charge in [0.2, 0.25) is 0 Å². The van der Waals surface area contributed by atoms with Crippen molar-refractivity contribution in [3.05, 3.63) is 93.1 Å². The summed E-state index contributed by atoms with van der Waals surface area (Å²) in [4.78, 5) is 31.8. The zero-order valence-corrected chi connectivity index (χ0v) is 21.6. The quantitative estimate of drug-likeness (QED) is 0.174. The third-order valence-electron chi connectivity index (χ3n) is 6.47. The molecule has 0 aliphatic carbocycles. The molecule has 2 N–H and O–H groups in total. The average molecular weight is 537 g/mol. The molecule has 1 amide bonds. The average Bonchev–Trinajstić information content (AvgIpc) is 3.35. The number of ether oxygens (including phenoxy) is 2. The number of carbonyl (C=O) groups is 2. The number of H-pyrrole nitrogens is 1. The minimum atomic E-state index is -0.942. The molecule has 1 aliphatic rings. The lowest BCUT2D eigenvalue weighted by molar-refractivity contribution is -0.132. The first-order valence-electron chi connectivity index (χ1n) is 11.3. The molecule has 37 heavy (non-hydrogen) atoms. The fourth-order valence-electron chi connectivity index (χ4n) is 4.83. The molecule has 0 bridgehead atoms. The van der Waals surface area contributed by atoms with Crippen LogP contribution in [0, 0.1) is 6.92 Å². The zero-order valence-electron chi connectivity index (χ0n) is 20.1. The van der Waals surface area contributed by atoms with Crippen LogP contribution in [0.15, 0.2) is 66.2 Å². The number of benzene rings is 3. The van der Waals surface area contributed by atoms with Gasteiger partial charge in [0.05, 0.1) is 35.9 Å². The molecule has 7 nitrogen and oxygen atoms in total. The molecule has 3 aromatic carbocycles. The highest BCUT2D eigenvalue weighted by Gasteiger charge is 2.48. The molecule has 5 rings (SSSR count). The van der Waals surface area contributed by atoms with Gasteiger partial charge >= 0.3 is 0 Å². The number of rotatable bonds is 5. The number of aromatic nitrogens is 1. The SMILES string of the molecule is COc1cccc(N2C(=O)C(=O)/C(=C(/O)c3cc(Cl)c(OC)c(Cl)c3)C2c2c(C)[nH]c3ccccc23)c1. The van der Waals surface area contributed by atoms with Gasteiger partial charge in [-0.1, -0.05) is 47.5 Å². The summed E-state index contributed by atoms with van der Waals surface area (Å²) in [7, 11) is 2.94. The van der Waals surface area contributed by atoms with Gasteiger partial charge in [-0.25, -0.2) is 0 Å². The number of aromatic amines is 1. The third kappa shape index (κ3) is 4.00. The van der Waals surface area contributed by atoms with Crippen molar-refractivity contribution < 1.29 is 24.2 Å². The van der Waals surface area contributed by atoms with E-state index in [4.69, 9.17) is 32.7 Å². The number of Topliss-reactive ketones (excluding diaryl/α,β-unsaturated/α-hetero) is 1. The lowest BCUT2D eigenvalue weighted by atomic mass is 9.93. The van der Waals surface area contributed by atoms with E-state index in [0.29, 0.717) is 17.0 Å². The molecular weight excluding hydrogens is 515 g/mol. The number of amides is 1. The number of para-hydroxylation sites is 1. The van der Waals surface area contributed by atoms with Crippen molar-refractivity contribution in [1.29, 1.82) is 0 Å². The van der Waals surface area contributed by atoms with Crippen molar-refractivity contribution >= 4 is 57.2 Å². The van der Waals surface area contributed by atoms with Gasteiger partial charge in [-0.2, -0.15) is 0 Å². The van der Waals surface area contributed by atoms with Gasteiger partial charge in [-0.3, -0.25) is 14.5 Å². The van der Waals surface area contributed by atoms with Crippen molar-refractivity contribution in [2.45, 2.75) is 13.0 Å². The summed E-state index contributed by atoms with van der Waals surface area (Å²) < 4.78 is 10.6. The van der Waals surface area contributed by atoms with E-state index >= 15 is 0 Å². The Balaban J connectivity index is 1.82. The molecule has 0 spiro atoms. The number of ketones is 1. The Morgan fingerprint density at radius 1 is 0.973 bits per heavy atom. The van der Waals surface area contributed by atoms with E-state index in [-0.39, 0.29) is 26.9 Å². The lowest BCUT2D eigenvalue weighted by Crippen LogP contribution is -2.29. The standard InChI is InChI=1S/C28H22Cl2N2O5/c1-14-22(18-9-4-5-10-21(18)31-14)24-23(25(33)15-11-19(29)27(37-3)20(30)12-15)26(34)28(35)32(24)16-7-6-8-17(13-16)36-2/h4-13,24,31,33H,1-3H3/b25-23+. The molecular formula is C28H22Cl2N2O5. The van der Waals surface area contributed by atoms with Crippen LogP contribution in [-0.2, 0) is 9.59 Å². The first-order valence-corrected chi connectivity index (χ1v) is 12.1. The minimum absolute atomic E-state index is 0.0852. The van der Waals surface area contributed by atoms with E-state index in [1.165, 1.54) is 31.3 Å². The van der Waals surface area contributed by atoms with Crippen LogP contribution in [-0.4, -0.2) is 36.0 Å². The van der Waals surface area contributed by atoms with Crippen LogP contribution in [0.5, 0.6) is 11.5 Å². The Morgan fingerprint density at radius 2 is 1.68 bits per heavy atom. The predicted molar refractivity (Wildman–Crippen MR) is 144 cm³/mol. The molecule has 1 unspecified atom stereocenters. The molecule has 1 aliphatic heterocycles. The van der Waals surface area contributed by atoms with Crippen molar-refractivity contribution in [3.63, 3.8) is 0 Å². The molecule has 1 atom stereocenters. The Labute approximate surface area is 222 Å². The fraction of sp³-hybridized carbons (Fsp3) is 0.143. The molecule has 1 saturated heterocycles. The van der Waals surface area contributed by atoms with Gasteiger partial charge in [0.15, 0.2) is 5.75 Å². The maximum Gasteiger partial charge on any atom is 0.300 e. The molecule has 1 fully saturated rings. The van der Waals surface area contributed by atoms with Gasteiger partial charge in [0, 0.05) is 39.5 Å². The number of halogens is 2. The molecule has 4 aromatic rings. The zero-order chi connectivity index (χ0) is 26.4. The van der Waals surface area contributed by atoms with Crippen molar-refractivity contribution in [3.8, 4) is 11.5 Å². The number of methoxy groups -OCH3 is 2. The number of nitrogens with zero attached hydrogens (tertiary/aromatic N) is 1. The second-order valence-electron chi connectivity index (χ2n) is 8.55. The first kappa shape index (κ1) is 24.7. The van der Waals surface area contributed by atoms with Gasteiger partial charge < -0.3 is 19.6 Å². The van der Waals surface area contributed by atoms with Crippen LogP contribution in [0.25, 0.3) is 16.7 Å². The van der Waals surface area contributed by atoms with Crippen LogP contribution in [0.1, 0.15) is 22.9 Å². The summed E-state index contributed by atoms with van der Waals surface area (Å²) in [5.74, 6) is -1.26. The smallest absolute Gasteiger partial charge is 0.300 e. The Kier molecular flexibility index (Phi) is 6.35. The predicted octanol–water partition coefficient (Wildman–Crippen LogP) is 6.43. The minimum Gasteiger partial charge on any atom is -0.507 e. The fourth-order valence-corrected chi connectivity index (χ4v) is 5.47. The van der Waals surface area contributed by atoms with E-state index in [1.54, 1.807) is 24.3 Å². The van der Waals surface area contributed by atoms with Crippen LogP contribution >= 0.6 is 23.2 Å². The van der Waals surface area contributed by atoms with Crippen molar-refractivity contribution in [2.75, 3.05) is 19.1 Å². The van der Waals surface area contributed by atoms with Crippen LogP contribution < -0.4 is 14.4 Å². The summed E-state index contributed by atoms with van der Waals surface area (Å²) in [5.41, 5.74) is 2.81. The largest absolute Gasteiger partial charge is 0.507 e. The number of hydrogen-bond acceptors (Lipinski definition) is 5. The number of aryl methyl sites for hydroxylation is 1. The Morgan fingerprint density at radius 3 is 2.35 bits per heavy atom. The Bertz CT molecular complexity index is 1580. The molecule has 2 heterocycles. The van der Waals surface area contributed by atoms with E-state index < -0.39 is 23.5 Å². The normalized spacial score (nSPS) is 17.0. The maximum atomic E-state index is 13.6. The molecule has 0 saturated carbocycles. The highest BCUT2D eigenvalue weighted by Crippen LogP contribution is 2.46. The second kappa shape index (κ2) is 9.50. The summed E-state index contributed by atoms with van der Waals surface area (Å²) in [6.45, 7) is 1.86. The number of carbonyl (C=O) groups excluding carboxylic acids is 2. The van der Waals surface area contributed by atoms with Gasteiger partial charge in [0.25, 0.3) is 11.7 Å². The maximum absolute atomic E-state index is 13.6. The Hall–Kier alpha value is -3.94. The summed E-state index contributed by atoms with van der Waals surface area (Å²) in [6.07, 6.45) is 0. The topological polar surface area (TPSA) is 91.9 Å². The number of nitrogens with one attached hydrogen (secondary N) is 1. The highest BCUT2D eigenvalue weighted by atomic mass is 35.5. The molecule has 1 aromatic heterocycles. The summed E-state index contributed by atoms with van der Waals surface area (Å²) in [6, 6.07) is 16.4. The van der Waals surface area contributed by atoms with E-state index in [2.05, 4.69) is 4.98 Å². The first-order chi connectivity index (χ1) is 17.8. The van der Waals surface area contributed by atoms with Crippen LogP contribution in [0.3, 0.4) is 0 Å². The summed E-state index contributed by atoms with van der Waals surface area (Å²) >= 11 is 12.6. The number of fused-ring (bicyclic) bond motifs is 1. The number of hydrogen-bond donors (Lipinski definition) is 2. The highest BCUT2D eigenvalue weighted by molar-refractivity contribution is 6.52. The van der Waals surface area contributed by atoms with Gasteiger partial charge in [0.1, 0.15) is 11.5 Å². The van der Waals surface area contributed by atoms with Gasteiger partial charge in [-0.15, -0.1) is 0 Å². The number of anilines is 1. The molecule has 9 heteroatoms. The van der Waals surface area contributed by atoms with E-state index in [0.717, 1.165) is 16.6 Å². The van der Waals surface area contributed by atoms with Crippen molar-refractivity contribution in [1.82, 2.24) is 4.98 Å². The lowest BCUT2D eigenvalue weighted by Gasteiger charge is -2.26. The van der Waals surface area contributed by atoms with Gasteiger partial charge in [-0.05, 0) is 37.3 Å².